The molecular formula is C23H37NO4. The standard InChI is InChI=1S/C23H37NO4/c1-2-3-4-5-6-7-8-9-10-11-12-13-14-15-16-17-18-19-20-21-22(23(25)26)24(27)28/h6-7,9-10,12-13,15-16,22H,2-5,8,11,14,17-21H2,1H3,(H,25,26). The summed E-state index contributed by atoms with van der Waals surface area (Å²) in [6.45, 7) is 2.22. The summed E-state index contributed by atoms with van der Waals surface area (Å²) >= 11 is 0. The second-order valence-electron chi connectivity index (χ2n) is 6.87. The molecule has 0 aliphatic rings. The minimum absolute atomic E-state index is 0.108. The van der Waals surface area contributed by atoms with E-state index in [1.54, 1.807) is 0 Å². The van der Waals surface area contributed by atoms with E-state index in [9.17, 15) is 14.9 Å². The van der Waals surface area contributed by atoms with E-state index in [-0.39, 0.29) is 6.42 Å². The van der Waals surface area contributed by atoms with Gasteiger partial charge in [0, 0.05) is 11.3 Å². The number of aliphatic carboxylic acids is 1. The fourth-order valence-electron chi connectivity index (χ4n) is 2.66. The summed E-state index contributed by atoms with van der Waals surface area (Å²) in [5.41, 5.74) is 0. The molecule has 0 saturated carbocycles. The smallest absolute Gasteiger partial charge is 0.379 e. The van der Waals surface area contributed by atoms with E-state index in [0.717, 1.165) is 38.5 Å². The van der Waals surface area contributed by atoms with Crippen LogP contribution in [-0.4, -0.2) is 22.0 Å². The Balaban J connectivity index is 3.55. The Morgan fingerprint density at radius 1 is 0.821 bits per heavy atom. The monoisotopic (exact) mass is 391 g/mol. The molecule has 0 heterocycles. The topological polar surface area (TPSA) is 80.4 Å². The third-order valence-electron chi connectivity index (χ3n) is 4.35. The number of allylic oxidation sites excluding steroid dienone is 8. The molecule has 0 aliphatic carbocycles. The third-order valence-corrected chi connectivity index (χ3v) is 4.35. The van der Waals surface area contributed by atoms with Gasteiger partial charge in [-0.15, -0.1) is 0 Å². The zero-order valence-corrected chi connectivity index (χ0v) is 17.3. The van der Waals surface area contributed by atoms with Gasteiger partial charge in [0.25, 0.3) is 0 Å². The molecule has 0 aliphatic heterocycles. The van der Waals surface area contributed by atoms with Crippen molar-refractivity contribution in [3.63, 3.8) is 0 Å². The molecular weight excluding hydrogens is 354 g/mol. The number of rotatable bonds is 18. The van der Waals surface area contributed by atoms with Gasteiger partial charge in [-0.25, -0.2) is 4.79 Å². The van der Waals surface area contributed by atoms with E-state index in [0.29, 0.717) is 6.42 Å². The number of hydrogen-bond donors (Lipinski definition) is 1. The van der Waals surface area contributed by atoms with E-state index >= 15 is 0 Å². The fourth-order valence-corrected chi connectivity index (χ4v) is 2.66. The van der Waals surface area contributed by atoms with E-state index in [1.807, 2.05) is 0 Å². The molecule has 0 spiro atoms. The van der Waals surface area contributed by atoms with Gasteiger partial charge < -0.3 is 5.11 Å². The van der Waals surface area contributed by atoms with Gasteiger partial charge in [0.1, 0.15) is 0 Å². The lowest BCUT2D eigenvalue weighted by atomic mass is 10.1. The number of unbranched alkanes of at least 4 members (excludes halogenated alkanes) is 6. The van der Waals surface area contributed by atoms with Crippen molar-refractivity contribution in [2.24, 2.45) is 0 Å². The molecule has 0 aromatic carbocycles. The van der Waals surface area contributed by atoms with Gasteiger partial charge >= 0.3 is 12.0 Å². The molecule has 0 saturated heterocycles. The molecule has 5 heteroatoms. The molecule has 1 N–H and O–H groups in total. The van der Waals surface area contributed by atoms with Gasteiger partial charge in [0.15, 0.2) is 0 Å². The van der Waals surface area contributed by atoms with E-state index in [2.05, 4.69) is 55.5 Å². The van der Waals surface area contributed by atoms with E-state index in [4.69, 9.17) is 5.11 Å². The molecule has 0 aromatic rings. The molecule has 1 unspecified atom stereocenters. The first-order valence-corrected chi connectivity index (χ1v) is 10.6. The van der Waals surface area contributed by atoms with E-state index < -0.39 is 16.9 Å². The number of hydrogen-bond acceptors (Lipinski definition) is 3. The van der Waals surface area contributed by atoms with Crippen molar-refractivity contribution in [1.29, 1.82) is 0 Å². The van der Waals surface area contributed by atoms with Crippen molar-refractivity contribution in [2.75, 3.05) is 0 Å². The summed E-state index contributed by atoms with van der Waals surface area (Å²) < 4.78 is 0. The molecule has 5 nitrogen and oxygen atoms in total. The zero-order valence-electron chi connectivity index (χ0n) is 17.3. The highest BCUT2D eigenvalue weighted by Gasteiger charge is 2.27. The van der Waals surface area contributed by atoms with Crippen LogP contribution in [0.1, 0.15) is 84.0 Å². The lowest BCUT2D eigenvalue weighted by Crippen LogP contribution is -2.28. The Morgan fingerprint density at radius 3 is 1.71 bits per heavy atom. The summed E-state index contributed by atoms with van der Waals surface area (Å²) in [4.78, 5) is 20.5. The van der Waals surface area contributed by atoms with Crippen LogP contribution < -0.4 is 0 Å². The third kappa shape index (κ3) is 17.3. The normalized spacial score (nSPS) is 13.3. The summed E-state index contributed by atoms with van der Waals surface area (Å²) in [5.74, 6) is -1.34. The van der Waals surface area contributed by atoms with E-state index in [1.165, 1.54) is 25.7 Å². The predicted molar refractivity (Wildman–Crippen MR) is 116 cm³/mol. The highest BCUT2D eigenvalue weighted by molar-refractivity contribution is 5.71. The molecule has 0 radical (unpaired) electrons. The molecule has 0 aromatic heterocycles. The van der Waals surface area contributed by atoms with Crippen LogP contribution in [0.4, 0.5) is 0 Å². The van der Waals surface area contributed by atoms with Crippen molar-refractivity contribution in [3.05, 3.63) is 58.7 Å². The van der Waals surface area contributed by atoms with Gasteiger partial charge in [0.2, 0.25) is 0 Å². The quantitative estimate of drug-likeness (QED) is 0.123. The largest absolute Gasteiger partial charge is 0.476 e. The molecule has 1 atom stereocenters. The maximum Gasteiger partial charge on any atom is 0.379 e. The van der Waals surface area contributed by atoms with Gasteiger partial charge in [-0.1, -0.05) is 74.8 Å². The Kier molecular flexibility index (Phi) is 18.1. The van der Waals surface area contributed by atoms with Crippen LogP contribution in [0.15, 0.2) is 48.6 Å². The Morgan fingerprint density at radius 2 is 1.29 bits per heavy atom. The van der Waals surface area contributed by atoms with Crippen LogP contribution in [0.2, 0.25) is 0 Å². The van der Waals surface area contributed by atoms with Gasteiger partial charge in [-0.2, -0.15) is 0 Å². The average Bonchev–Trinajstić information content (AvgIpc) is 2.65. The lowest BCUT2D eigenvalue weighted by Gasteiger charge is -2.03. The Labute approximate surface area is 170 Å². The number of carboxylic acid groups (broad SMARTS) is 1. The number of nitrogens with zero attached hydrogens (tertiary/aromatic N) is 1. The predicted octanol–water partition coefficient (Wildman–Crippen LogP) is 6.64. The summed E-state index contributed by atoms with van der Waals surface area (Å²) in [5, 5.41) is 19.3. The SMILES string of the molecule is CCCCCC=CCC=CCC=CCC=CCCCCCC(C(=O)O)[N+](=O)[O-]. The second kappa shape index (κ2) is 19.6. The van der Waals surface area contributed by atoms with Crippen molar-refractivity contribution in [2.45, 2.75) is 90.0 Å². The first kappa shape index (κ1) is 25.8. The Bertz CT molecular complexity index is 507. The maximum absolute atomic E-state index is 10.7. The van der Waals surface area contributed by atoms with Crippen LogP contribution in [0.25, 0.3) is 0 Å². The zero-order chi connectivity index (χ0) is 20.9. The van der Waals surface area contributed by atoms with Crippen LogP contribution in [0, 0.1) is 10.1 Å². The fraction of sp³-hybridized carbons (Fsp3) is 0.609. The van der Waals surface area contributed by atoms with Crippen molar-refractivity contribution in [1.82, 2.24) is 0 Å². The highest BCUT2D eigenvalue weighted by atomic mass is 16.6. The highest BCUT2D eigenvalue weighted by Crippen LogP contribution is 2.09. The summed E-state index contributed by atoms with van der Waals surface area (Å²) in [7, 11) is 0. The molecule has 28 heavy (non-hydrogen) atoms. The van der Waals surface area contributed by atoms with Gasteiger partial charge in [-0.3, -0.25) is 10.1 Å². The number of carboxylic acids is 1. The molecule has 158 valence electrons. The molecule has 0 fully saturated rings. The number of carbonyl (C=O) groups is 1. The molecule has 0 rings (SSSR count). The summed E-state index contributed by atoms with van der Waals surface area (Å²) in [6, 6.07) is -1.46. The molecule has 0 bridgehead atoms. The van der Waals surface area contributed by atoms with Crippen LogP contribution in [-0.2, 0) is 4.79 Å². The number of nitro groups is 1. The average molecular weight is 392 g/mol. The van der Waals surface area contributed by atoms with Crippen LogP contribution in [0.3, 0.4) is 0 Å². The minimum atomic E-state index is -1.46. The van der Waals surface area contributed by atoms with Crippen molar-refractivity contribution >= 4 is 5.97 Å². The lowest BCUT2D eigenvalue weighted by molar-refractivity contribution is -0.511. The molecule has 0 amide bonds. The first-order valence-electron chi connectivity index (χ1n) is 10.6. The van der Waals surface area contributed by atoms with Gasteiger partial charge in [-0.05, 0) is 51.4 Å². The second-order valence-corrected chi connectivity index (χ2v) is 6.87. The first-order chi connectivity index (χ1) is 13.6. The van der Waals surface area contributed by atoms with Crippen molar-refractivity contribution < 1.29 is 14.8 Å². The Hall–Kier alpha value is -2.17. The van der Waals surface area contributed by atoms with Crippen LogP contribution in [0.5, 0.6) is 0 Å². The minimum Gasteiger partial charge on any atom is -0.476 e. The van der Waals surface area contributed by atoms with Gasteiger partial charge in [0.05, 0.1) is 0 Å². The van der Waals surface area contributed by atoms with Crippen molar-refractivity contribution in [3.8, 4) is 0 Å². The maximum atomic E-state index is 10.7. The van der Waals surface area contributed by atoms with Crippen LogP contribution >= 0.6 is 0 Å². The summed E-state index contributed by atoms with van der Waals surface area (Å²) in [6.07, 6.45) is 28.7.